The van der Waals surface area contributed by atoms with E-state index in [-0.39, 0.29) is 11.9 Å². The Bertz CT molecular complexity index is 217. The molecule has 0 spiro atoms. The molecule has 88 valence electrons. The monoisotopic (exact) mass is 214 g/mol. The Hall–Kier alpha value is -0.610. The fourth-order valence-corrected chi connectivity index (χ4v) is 1.73. The second-order valence-electron chi connectivity index (χ2n) is 4.93. The molecule has 0 bridgehead atoms. The van der Waals surface area contributed by atoms with Crippen molar-refractivity contribution in [3.05, 3.63) is 0 Å². The van der Waals surface area contributed by atoms with Gasteiger partial charge in [0.15, 0.2) is 0 Å². The molecule has 1 fully saturated rings. The molecule has 1 aliphatic rings. The minimum Gasteiger partial charge on any atom is -0.381 e. The number of nitrogens with two attached hydrogens (primary N) is 1. The predicted octanol–water partition coefficient (Wildman–Crippen LogP) is 0.655. The van der Waals surface area contributed by atoms with E-state index in [0.29, 0.717) is 5.92 Å². The van der Waals surface area contributed by atoms with Crippen LogP contribution in [0, 0.1) is 5.92 Å². The molecule has 0 aromatic rings. The third-order valence-corrected chi connectivity index (χ3v) is 2.92. The van der Waals surface area contributed by atoms with E-state index in [1.165, 1.54) is 0 Å². The van der Waals surface area contributed by atoms with Crippen LogP contribution < -0.4 is 11.1 Å². The van der Waals surface area contributed by atoms with E-state index >= 15 is 0 Å². The molecule has 1 aliphatic heterocycles. The number of ether oxygens (including phenoxy) is 1. The van der Waals surface area contributed by atoms with Crippen LogP contribution in [-0.2, 0) is 9.53 Å². The van der Waals surface area contributed by atoms with Crippen LogP contribution in [0.3, 0.4) is 0 Å². The van der Waals surface area contributed by atoms with Gasteiger partial charge in [-0.05, 0) is 39.5 Å². The van der Waals surface area contributed by atoms with Crippen LogP contribution >= 0.6 is 0 Å². The summed E-state index contributed by atoms with van der Waals surface area (Å²) in [5, 5.41) is 2.97. The van der Waals surface area contributed by atoms with Gasteiger partial charge in [-0.25, -0.2) is 0 Å². The largest absolute Gasteiger partial charge is 0.381 e. The van der Waals surface area contributed by atoms with E-state index in [9.17, 15) is 4.79 Å². The molecule has 1 heterocycles. The van der Waals surface area contributed by atoms with Crippen molar-refractivity contribution in [3.63, 3.8) is 0 Å². The Labute approximate surface area is 91.5 Å². The van der Waals surface area contributed by atoms with E-state index in [1.807, 2.05) is 6.92 Å². The minimum absolute atomic E-state index is 0.0820. The van der Waals surface area contributed by atoms with Crippen molar-refractivity contribution in [2.45, 2.75) is 45.2 Å². The molecular weight excluding hydrogens is 192 g/mol. The smallest absolute Gasteiger partial charge is 0.239 e. The van der Waals surface area contributed by atoms with Gasteiger partial charge in [-0.1, -0.05) is 0 Å². The van der Waals surface area contributed by atoms with Gasteiger partial charge < -0.3 is 15.8 Å². The van der Waals surface area contributed by atoms with Crippen LogP contribution in [0.15, 0.2) is 0 Å². The van der Waals surface area contributed by atoms with E-state index in [4.69, 9.17) is 10.5 Å². The van der Waals surface area contributed by atoms with Crippen LogP contribution in [0.5, 0.6) is 0 Å². The van der Waals surface area contributed by atoms with Crippen molar-refractivity contribution in [2.24, 2.45) is 11.7 Å². The summed E-state index contributed by atoms with van der Waals surface area (Å²) in [7, 11) is 0. The lowest BCUT2D eigenvalue weighted by Crippen LogP contribution is -2.53. The normalized spacial score (nSPS) is 21.1. The number of hydrogen-bond acceptors (Lipinski definition) is 3. The van der Waals surface area contributed by atoms with Gasteiger partial charge in [-0.2, -0.15) is 0 Å². The highest BCUT2D eigenvalue weighted by Crippen LogP contribution is 2.18. The average molecular weight is 214 g/mol. The lowest BCUT2D eigenvalue weighted by Gasteiger charge is -2.30. The molecule has 0 aromatic heterocycles. The first kappa shape index (κ1) is 12.5. The van der Waals surface area contributed by atoms with Crippen molar-refractivity contribution in [1.82, 2.24) is 5.32 Å². The zero-order valence-electron chi connectivity index (χ0n) is 9.88. The van der Waals surface area contributed by atoms with E-state index in [0.717, 1.165) is 26.1 Å². The van der Waals surface area contributed by atoms with Gasteiger partial charge in [-0.3, -0.25) is 4.79 Å². The van der Waals surface area contributed by atoms with Crippen LogP contribution in [0.4, 0.5) is 0 Å². The quantitative estimate of drug-likeness (QED) is 0.725. The maximum absolute atomic E-state index is 11.7. The van der Waals surface area contributed by atoms with Crippen molar-refractivity contribution >= 4 is 5.91 Å². The van der Waals surface area contributed by atoms with Crippen molar-refractivity contribution in [3.8, 4) is 0 Å². The lowest BCUT2D eigenvalue weighted by atomic mass is 9.92. The highest BCUT2D eigenvalue weighted by molar-refractivity contribution is 5.85. The Kier molecular flexibility index (Phi) is 4.11. The zero-order valence-corrected chi connectivity index (χ0v) is 9.88. The first-order valence-corrected chi connectivity index (χ1v) is 5.59. The Morgan fingerprint density at radius 2 is 2.00 bits per heavy atom. The maximum Gasteiger partial charge on any atom is 0.239 e. The molecule has 0 aromatic carbocycles. The highest BCUT2D eigenvalue weighted by atomic mass is 16.5. The van der Waals surface area contributed by atoms with Gasteiger partial charge in [0.05, 0.1) is 5.54 Å². The molecule has 4 nitrogen and oxygen atoms in total. The lowest BCUT2D eigenvalue weighted by molar-refractivity contribution is -0.126. The van der Waals surface area contributed by atoms with Crippen molar-refractivity contribution < 1.29 is 9.53 Å². The molecule has 1 saturated heterocycles. The summed E-state index contributed by atoms with van der Waals surface area (Å²) in [4.78, 5) is 11.7. The van der Waals surface area contributed by atoms with Gasteiger partial charge >= 0.3 is 0 Å². The number of amides is 1. The maximum atomic E-state index is 11.7. The molecule has 0 aliphatic carbocycles. The summed E-state index contributed by atoms with van der Waals surface area (Å²) in [5.74, 6) is 0.437. The van der Waals surface area contributed by atoms with Gasteiger partial charge in [0.1, 0.15) is 0 Å². The topological polar surface area (TPSA) is 64.4 Å². The second kappa shape index (κ2) is 4.94. The van der Waals surface area contributed by atoms with Gasteiger partial charge in [0, 0.05) is 19.3 Å². The summed E-state index contributed by atoms with van der Waals surface area (Å²) in [6, 6.07) is 0.184. The standard InChI is InChI=1S/C11H22N2O2/c1-8(9-4-6-15-7-5-9)13-10(14)11(2,3)12/h8-9H,4-7,12H2,1-3H3,(H,13,14). The summed E-state index contributed by atoms with van der Waals surface area (Å²) in [6.07, 6.45) is 2.04. The fourth-order valence-electron chi connectivity index (χ4n) is 1.73. The van der Waals surface area contributed by atoms with Crippen LogP contribution in [0.25, 0.3) is 0 Å². The molecule has 1 rings (SSSR count). The zero-order chi connectivity index (χ0) is 11.5. The molecular formula is C11H22N2O2. The highest BCUT2D eigenvalue weighted by Gasteiger charge is 2.27. The molecule has 0 radical (unpaired) electrons. The van der Waals surface area contributed by atoms with E-state index < -0.39 is 5.54 Å². The first-order valence-electron chi connectivity index (χ1n) is 5.59. The molecule has 1 unspecified atom stereocenters. The van der Waals surface area contributed by atoms with E-state index in [2.05, 4.69) is 5.32 Å². The molecule has 1 amide bonds. The van der Waals surface area contributed by atoms with Gasteiger partial charge in [0.2, 0.25) is 5.91 Å². The van der Waals surface area contributed by atoms with Gasteiger partial charge in [0.25, 0.3) is 0 Å². The van der Waals surface area contributed by atoms with Crippen molar-refractivity contribution in [1.29, 1.82) is 0 Å². The van der Waals surface area contributed by atoms with Crippen LogP contribution in [0.2, 0.25) is 0 Å². The third-order valence-electron chi connectivity index (χ3n) is 2.92. The predicted molar refractivity (Wildman–Crippen MR) is 59.4 cm³/mol. The van der Waals surface area contributed by atoms with Crippen LogP contribution in [-0.4, -0.2) is 30.7 Å². The second-order valence-corrected chi connectivity index (χ2v) is 4.93. The first-order chi connectivity index (χ1) is 6.91. The molecule has 4 heteroatoms. The van der Waals surface area contributed by atoms with Gasteiger partial charge in [-0.15, -0.1) is 0 Å². The van der Waals surface area contributed by atoms with E-state index in [1.54, 1.807) is 13.8 Å². The Balaban J connectivity index is 2.40. The number of nitrogens with one attached hydrogen (secondary N) is 1. The van der Waals surface area contributed by atoms with Crippen molar-refractivity contribution in [2.75, 3.05) is 13.2 Å². The summed E-state index contributed by atoms with van der Waals surface area (Å²) < 4.78 is 5.28. The summed E-state index contributed by atoms with van der Waals surface area (Å²) in [5.41, 5.74) is 4.93. The summed E-state index contributed by atoms with van der Waals surface area (Å²) >= 11 is 0. The minimum atomic E-state index is -0.792. The Morgan fingerprint density at radius 1 is 1.47 bits per heavy atom. The fraction of sp³-hybridized carbons (Fsp3) is 0.909. The number of rotatable bonds is 3. The number of carbonyl (C=O) groups is 1. The molecule has 3 N–H and O–H groups in total. The molecule has 1 atom stereocenters. The molecule has 15 heavy (non-hydrogen) atoms. The SMILES string of the molecule is CC(NC(=O)C(C)(C)N)C1CCOCC1. The van der Waals surface area contributed by atoms with Crippen LogP contribution in [0.1, 0.15) is 33.6 Å². The number of carbonyl (C=O) groups excluding carboxylic acids is 1. The average Bonchev–Trinajstić information content (AvgIpc) is 2.17. The number of hydrogen-bond donors (Lipinski definition) is 2. The molecule has 0 saturated carbocycles. The third kappa shape index (κ3) is 3.80. The Morgan fingerprint density at radius 3 is 2.47 bits per heavy atom. The summed E-state index contributed by atoms with van der Waals surface area (Å²) in [6.45, 7) is 7.09.